The van der Waals surface area contributed by atoms with Gasteiger partial charge in [-0.3, -0.25) is 0 Å². The predicted octanol–water partition coefficient (Wildman–Crippen LogP) is 0.558. The van der Waals surface area contributed by atoms with Crippen molar-refractivity contribution in [3.05, 3.63) is 12.7 Å². The molecule has 0 radical (unpaired) electrons. The number of hydrogen-bond donors (Lipinski definition) is 1. The van der Waals surface area contributed by atoms with E-state index in [1.54, 1.807) is 0 Å². The van der Waals surface area contributed by atoms with Gasteiger partial charge < -0.3 is 4.18 Å². The number of rotatable bonds is 1. The second kappa shape index (κ2) is 6.48. The zero-order valence-electron chi connectivity index (χ0n) is 3.76. The summed E-state index contributed by atoms with van der Waals surface area (Å²) in [6.07, 6.45) is 1.03. The first-order valence-corrected chi connectivity index (χ1v) is 1.65. The van der Waals surface area contributed by atoms with E-state index in [1.165, 1.54) is 0 Å². The Labute approximate surface area is 67.7 Å². The van der Waals surface area contributed by atoms with E-state index in [2.05, 4.69) is 23.7 Å². The predicted molar refractivity (Wildman–Crippen MR) is 25.3 cm³/mol. The quantitative estimate of drug-likeness (QED) is 0.300. The van der Waals surface area contributed by atoms with Gasteiger partial charge >= 0.3 is 5.97 Å². The van der Waals surface area contributed by atoms with Crippen LogP contribution in [0.1, 0.15) is 0 Å². The second-order valence-electron chi connectivity index (χ2n) is 0.614. The van der Waals surface area contributed by atoms with Gasteiger partial charge in [-0.1, -0.05) is 6.58 Å². The van der Waals surface area contributed by atoms with Crippen LogP contribution in [-0.4, -0.2) is 5.97 Å². The third kappa shape index (κ3) is 6.48. The largest absolute Gasteiger partial charge is 0.391 e. The zero-order valence-corrected chi connectivity index (χ0v) is 8.69. The maximum atomic E-state index is 9.76. The molecule has 0 aliphatic carbocycles. The van der Waals surface area contributed by atoms with Crippen molar-refractivity contribution in [1.29, 1.82) is 0 Å². The molecule has 36 valence electrons. The summed E-state index contributed by atoms with van der Waals surface area (Å²) in [5.41, 5.74) is 0. The molecule has 0 aliphatic rings. The smallest absolute Gasteiger partial charge is 0.341 e. The number of carbonyl (C=O) groups excluding carboxylic acids is 1. The van der Waals surface area contributed by atoms with Gasteiger partial charge in [-0.25, -0.2) is 4.79 Å². The monoisotopic (exact) mass is 218 g/mol. The SMILES string of the molecule is C=CC(=O)OS.[Cd]. The molecule has 0 atom stereocenters. The zero-order chi connectivity index (χ0) is 4.99. The van der Waals surface area contributed by atoms with Gasteiger partial charge in [0, 0.05) is 46.3 Å². The molecule has 0 aromatic carbocycles. The van der Waals surface area contributed by atoms with Crippen LogP contribution < -0.4 is 0 Å². The first-order valence-electron chi connectivity index (χ1n) is 1.29. The summed E-state index contributed by atoms with van der Waals surface area (Å²) in [6.45, 7) is 3.11. The molecule has 0 unspecified atom stereocenters. The maximum Gasteiger partial charge on any atom is 0.341 e. The van der Waals surface area contributed by atoms with Crippen molar-refractivity contribution in [3.63, 3.8) is 0 Å². The van der Waals surface area contributed by atoms with E-state index in [0.717, 1.165) is 6.08 Å². The van der Waals surface area contributed by atoms with E-state index in [0.29, 0.717) is 0 Å². The van der Waals surface area contributed by atoms with E-state index < -0.39 is 5.97 Å². The summed E-state index contributed by atoms with van der Waals surface area (Å²) in [5, 5.41) is 0. The van der Waals surface area contributed by atoms with Crippen LogP contribution in [0.4, 0.5) is 0 Å². The Bertz CT molecular complexity index is 73.3. The molecule has 0 fully saturated rings. The molecule has 7 heavy (non-hydrogen) atoms. The summed E-state index contributed by atoms with van der Waals surface area (Å²) in [7, 11) is 0. The van der Waals surface area contributed by atoms with Crippen LogP contribution >= 0.6 is 12.9 Å². The van der Waals surface area contributed by atoms with Crippen molar-refractivity contribution in [2.24, 2.45) is 0 Å². The molecule has 0 rings (SSSR count). The van der Waals surface area contributed by atoms with E-state index in [1.807, 2.05) is 0 Å². The molecule has 0 aromatic rings. The molecular weight excluding hydrogens is 213 g/mol. The van der Waals surface area contributed by atoms with Gasteiger partial charge in [-0.15, -0.1) is 0 Å². The van der Waals surface area contributed by atoms with Crippen LogP contribution in [0.2, 0.25) is 0 Å². The number of hydrogen-bond acceptors (Lipinski definition) is 3. The molecule has 0 aromatic heterocycles. The molecule has 0 heterocycles. The Morgan fingerprint density at radius 1 is 1.86 bits per heavy atom. The Kier molecular flexibility index (Phi) is 9.69. The van der Waals surface area contributed by atoms with Crippen LogP contribution in [0, 0.1) is 0 Å². The minimum Gasteiger partial charge on any atom is -0.391 e. The first kappa shape index (κ1) is 10.5. The molecule has 2 nitrogen and oxygen atoms in total. The Hall–Kier alpha value is 0.482. The van der Waals surface area contributed by atoms with E-state index >= 15 is 0 Å². The molecule has 0 saturated heterocycles. The standard InChI is InChI=1S/C3H4O2S.Cd/c1-2-3(4)5-6;/h2,6H,1H2;. The molecule has 0 N–H and O–H groups in total. The van der Waals surface area contributed by atoms with E-state index in [9.17, 15) is 4.79 Å². The molecule has 0 bridgehead atoms. The Morgan fingerprint density at radius 2 is 2.29 bits per heavy atom. The van der Waals surface area contributed by atoms with E-state index in [4.69, 9.17) is 0 Å². The third-order valence-electron chi connectivity index (χ3n) is 0.257. The first-order chi connectivity index (χ1) is 2.81. The summed E-state index contributed by atoms with van der Waals surface area (Å²) in [5.74, 6) is -0.529. The van der Waals surface area contributed by atoms with Gasteiger partial charge in [0.15, 0.2) is 0 Å². The van der Waals surface area contributed by atoms with Crippen molar-refractivity contribution in [3.8, 4) is 0 Å². The van der Waals surface area contributed by atoms with Crippen LogP contribution in [0.15, 0.2) is 12.7 Å². The van der Waals surface area contributed by atoms with Crippen LogP contribution in [-0.2, 0) is 36.3 Å². The summed E-state index contributed by atoms with van der Waals surface area (Å²) in [4.78, 5) is 9.76. The maximum absolute atomic E-state index is 9.76. The van der Waals surface area contributed by atoms with Crippen LogP contribution in [0.25, 0.3) is 0 Å². The minimum absolute atomic E-state index is 0. The molecule has 4 heteroatoms. The Balaban J connectivity index is 0. The van der Waals surface area contributed by atoms with Gasteiger partial charge in [-0.2, -0.15) is 0 Å². The molecule has 0 amide bonds. The van der Waals surface area contributed by atoms with Crippen molar-refractivity contribution >= 4 is 18.9 Å². The molecule has 0 saturated carbocycles. The molecule has 0 aliphatic heterocycles. The molecule has 0 spiro atoms. The third-order valence-corrected chi connectivity index (χ3v) is 0.437. The molecular formula is C3H4CdO2S. The van der Waals surface area contributed by atoms with Gasteiger partial charge in [0.25, 0.3) is 0 Å². The second-order valence-corrected chi connectivity index (χ2v) is 0.797. The summed E-state index contributed by atoms with van der Waals surface area (Å²) in [6, 6.07) is 0. The minimum atomic E-state index is -0.529. The Morgan fingerprint density at radius 3 is 2.29 bits per heavy atom. The number of carbonyl (C=O) groups is 1. The van der Waals surface area contributed by atoms with Crippen LogP contribution in [0.3, 0.4) is 0 Å². The average Bonchev–Trinajstić information content (AvgIpc) is 1.65. The van der Waals surface area contributed by atoms with Gasteiger partial charge in [0.05, 0.1) is 0 Å². The van der Waals surface area contributed by atoms with Crippen molar-refractivity contribution in [2.75, 3.05) is 0 Å². The fraction of sp³-hybridized carbons (Fsp3) is 0. The fourth-order valence-corrected chi connectivity index (χ4v) is 0.112. The van der Waals surface area contributed by atoms with Gasteiger partial charge in [0.1, 0.15) is 0 Å². The van der Waals surface area contributed by atoms with Gasteiger partial charge in [0.2, 0.25) is 0 Å². The number of thiol groups is 1. The summed E-state index contributed by atoms with van der Waals surface area (Å²) < 4.78 is 3.84. The average molecular weight is 217 g/mol. The topological polar surface area (TPSA) is 26.3 Å². The normalized spacial score (nSPS) is 5.86. The summed E-state index contributed by atoms with van der Waals surface area (Å²) >= 11 is 3.17. The van der Waals surface area contributed by atoms with Crippen LogP contribution in [0.5, 0.6) is 0 Å². The van der Waals surface area contributed by atoms with Crippen molar-refractivity contribution < 1.29 is 36.3 Å². The van der Waals surface area contributed by atoms with Crippen molar-refractivity contribution in [2.45, 2.75) is 0 Å². The van der Waals surface area contributed by atoms with Gasteiger partial charge in [-0.05, 0) is 0 Å². The van der Waals surface area contributed by atoms with Crippen molar-refractivity contribution in [1.82, 2.24) is 0 Å². The van der Waals surface area contributed by atoms with E-state index in [-0.39, 0.29) is 27.3 Å². The fourth-order valence-electron chi connectivity index (χ4n) is 0.0373.